The zero-order valence-electron chi connectivity index (χ0n) is 18.3. The number of pyridine rings is 1. The number of hydrogen-bond donors (Lipinski definition) is 2. The minimum absolute atomic E-state index is 0.199. The van der Waals surface area contributed by atoms with Crippen LogP contribution in [0.3, 0.4) is 0 Å². The molecule has 1 fully saturated rings. The molecule has 1 aliphatic rings. The van der Waals surface area contributed by atoms with Crippen molar-refractivity contribution in [1.29, 1.82) is 0 Å². The van der Waals surface area contributed by atoms with Gasteiger partial charge in [0.25, 0.3) is 0 Å². The number of guanidine groups is 1. The third-order valence-electron chi connectivity index (χ3n) is 4.91. The van der Waals surface area contributed by atoms with Crippen molar-refractivity contribution in [3.05, 3.63) is 53.7 Å². The number of methoxy groups -OCH3 is 1. The molecule has 0 saturated carbocycles. The summed E-state index contributed by atoms with van der Waals surface area (Å²) in [6, 6.07) is 11.9. The van der Waals surface area contributed by atoms with Gasteiger partial charge in [0.05, 0.1) is 13.2 Å². The molecular formula is C23H31N5O3. The van der Waals surface area contributed by atoms with Crippen LogP contribution < -0.4 is 20.3 Å². The molecule has 3 rings (SSSR count). The predicted molar refractivity (Wildman–Crippen MR) is 121 cm³/mol. The van der Waals surface area contributed by atoms with Crippen molar-refractivity contribution in [3.8, 4) is 5.88 Å². The van der Waals surface area contributed by atoms with Crippen molar-refractivity contribution in [2.24, 2.45) is 4.99 Å². The fraction of sp³-hybridized carbons (Fsp3) is 0.435. The van der Waals surface area contributed by atoms with Gasteiger partial charge in [-0.2, -0.15) is 0 Å². The molecule has 1 saturated heterocycles. The van der Waals surface area contributed by atoms with Crippen LogP contribution in [-0.2, 0) is 22.6 Å². The van der Waals surface area contributed by atoms with Crippen molar-refractivity contribution in [1.82, 2.24) is 15.6 Å². The van der Waals surface area contributed by atoms with Gasteiger partial charge in [-0.3, -0.25) is 4.79 Å². The van der Waals surface area contributed by atoms with Gasteiger partial charge < -0.3 is 25.0 Å². The molecule has 8 nitrogen and oxygen atoms in total. The molecule has 2 heterocycles. The van der Waals surface area contributed by atoms with Crippen molar-refractivity contribution >= 4 is 17.6 Å². The standard InChI is InChI=1S/C23H31N5O3/c1-3-24-23(27-17-19-6-4-12-25-22(19)31-15-14-30-2)26-16-18-8-10-20(11-9-18)28-13-5-7-21(28)29/h4,6,8-12H,3,5,7,13-17H2,1-2H3,(H2,24,26,27). The Labute approximate surface area is 183 Å². The van der Waals surface area contributed by atoms with Crippen LogP contribution in [0.2, 0.25) is 0 Å². The molecule has 2 N–H and O–H groups in total. The molecule has 0 unspecified atom stereocenters. The quantitative estimate of drug-likeness (QED) is 0.345. The lowest BCUT2D eigenvalue weighted by molar-refractivity contribution is -0.117. The smallest absolute Gasteiger partial charge is 0.227 e. The highest BCUT2D eigenvalue weighted by atomic mass is 16.5. The lowest BCUT2D eigenvalue weighted by Gasteiger charge is -2.16. The van der Waals surface area contributed by atoms with Crippen LogP contribution in [-0.4, -0.2) is 50.3 Å². The van der Waals surface area contributed by atoms with E-state index >= 15 is 0 Å². The number of nitrogens with one attached hydrogen (secondary N) is 2. The number of rotatable bonds is 10. The molecule has 8 heteroatoms. The molecule has 1 amide bonds. The Morgan fingerprint density at radius 3 is 2.74 bits per heavy atom. The molecule has 1 aliphatic heterocycles. The second kappa shape index (κ2) is 11.9. The van der Waals surface area contributed by atoms with Crippen LogP contribution in [0.1, 0.15) is 30.9 Å². The Kier molecular flexibility index (Phi) is 8.66. The number of carbonyl (C=O) groups is 1. The molecule has 0 atom stereocenters. The Hall–Kier alpha value is -3.13. The van der Waals surface area contributed by atoms with Crippen LogP contribution in [0.4, 0.5) is 5.69 Å². The van der Waals surface area contributed by atoms with Gasteiger partial charge in [0, 0.05) is 50.6 Å². The largest absolute Gasteiger partial charge is 0.475 e. The van der Waals surface area contributed by atoms with Gasteiger partial charge >= 0.3 is 0 Å². The van der Waals surface area contributed by atoms with Gasteiger partial charge in [-0.25, -0.2) is 9.98 Å². The van der Waals surface area contributed by atoms with E-state index in [0.717, 1.165) is 36.3 Å². The van der Waals surface area contributed by atoms with E-state index in [0.29, 0.717) is 44.6 Å². The van der Waals surface area contributed by atoms with E-state index < -0.39 is 0 Å². The fourth-order valence-corrected chi connectivity index (χ4v) is 3.30. The third kappa shape index (κ3) is 6.68. The van der Waals surface area contributed by atoms with Crippen LogP contribution in [0.15, 0.2) is 47.6 Å². The maximum Gasteiger partial charge on any atom is 0.227 e. The average molecular weight is 426 g/mol. The van der Waals surface area contributed by atoms with E-state index in [1.165, 1.54) is 0 Å². The van der Waals surface area contributed by atoms with Crippen LogP contribution in [0.25, 0.3) is 0 Å². The summed E-state index contributed by atoms with van der Waals surface area (Å²) < 4.78 is 10.7. The Balaban J connectivity index is 1.59. The summed E-state index contributed by atoms with van der Waals surface area (Å²) in [4.78, 5) is 22.7. The molecule has 166 valence electrons. The SMILES string of the molecule is CCNC(=NCc1ccc(N2CCCC2=O)cc1)NCc1cccnc1OCCOC. The van der Waals surface area contributed by atoms with E-state index in [-0.39, 0.29) is 5.91 Å². The van der Waals surface area contributed by atoms with Gasteiger partial charge in [-0.15, -0.1) is 0 Å². The zero-order chi connectivity index (χ0) is 21.9. The Morgan fingerprint density at radius 1 is 1.19 bits per heavy atom. The van der Waals surface area contributed by atoms with Gasteiger partial charge in [-0.05, 0) is 37.1 Å². The number of ether oxygens (including phenoxy) is 2. The second-order valence-electron chi connectivity index (χ2n) is 7.17. The summed E-state index contributed by atoms with van der Waals surface area (Å²) in [7, 11) is 1.64. The number of anilines is 1. The minimum atomic E-state index is 0.199. The third-order valence-corrected chi connectivity index (χ3v) is 4.91. The topological polar surface area (TPSA) is 88.1 Å². The molecule has 0 spiro atoms. The van der Waals surface area contributed by atoms with Crippen molar-refractivity contribution in [3.63, 3.8) is 0 Å². The molecule has 2 aromatic rings. The molecular weight excluding hydrogens is 394 g/mol. The molecule has 0 bridgehead atoms. The summed E-state index contributed by atoms with van der Waals surface area (Å²) in [6.07, 6.45) is 3.28. The van der Waals surface area contributed by atoms with Crippen LogP contribution in [0, 0.1) is 0 Å². The van der Waals surface area contributed by atoms with Crippen LogP contribution >= 0.6 is 0 Å². The molecule has 1 aromatic carbocycles. The van der Waals surface area contributed by atoms with E-state index in [1.54, 1.807) is 13.3 Å². The van der Waals surface area contributed by atoms with E-state index in [1.807, 2.05) is 48.2 Å². The van der Waals surface area contributed by atoms with E-state index in [9.17, 15) is 4.79 Å². The number of amides is 1. The average Bonchev–Trinajstić information content (AvgIpc) is 3.23. The summed E-state index contributed by atoms with van der Waals surface area (Å²) in [5.41, 5.74) is 2.99. The lowest BCUT2D eigenvalue weighted by Crippen LogP contribution is -2.37. The highest BCUT2D eigenvalue weighted by Gasteiger charge is 2.21. The van der Waals surface area contributed by atoms with E-state index in [2.05, 4.69) is 20.6 Å². The molecule has 31 heavy (non-hydrogen) atoms. The monoisotopic (exact) mass is 425 g/mol. The maximum atomic E-state index is 11.9. The first-order valence-electron chi connectivity index (χ1n) is 10.7. The van der Waals surface area contributed by atoms with Gasteiger partial charge in [-0.1, -0.05) is 18.2 Å². The van der Waals surface area contributed by atoms with Crippen molar-refractivity contribution in [2.45, 2.75) is 32.9 Å². The van der Waals surface area contributed by atoms with Crippen molar-refractivity contribution < 1.29 is 14.3 Å². The highest BCUT2D eigenvalue weighted by Crippen LogP contribution is 2.21. The first-order valence-corrected chi connectivity index (χ1v) is 10.7. The zero-order valence-corrected chi connectivity index (χ0v) is 18.3. The number of carbonyl (C=O) groups excluding carboxylic acids is 1. The molecule has 1 aromatic heterocycles. The minimum Gasteiger partial charge on any atom is -0.475 e. The molecule has 0 aliphatic carbocycles. The first-order chi connectivity index (χ1) is 15.2. The summed E-state index contributed by atoms with van der Waals surface area (Å²) in [5.74, 6) is 1.51. The highest BCUT2D eigenvalue weighted by molar-refractivity contribution is 5.95. The van der Waals surface area contributed by atoms with Crippen molar-refractivity contribution in [2.75, 3.05) is 38.3 Å². The number of benzene rings is 1. The Bertz CT molecular complexity index is 870. The number of aliphatic imine (C=N–C) groups is 1. The summed E-state index contributed by atoms with van der Waals surface area (Å²) in [6.45, 7) is 5.63. The Morgan fingerprint density at radius 2 is 2.03 bits per heavy atom. The normalized spacial score (nSPS) is 14.1. The number of aromatic nitrogens is 1. The second-order valence-corrected chi connectivity index (χ2v) is 7.17. The summed E-state index contributed by atoms with van der Waals surface area (Å²) in [5, 5.41) is 6.60. The number of nitrogens with zero attached hydrogens (tertiary/aromatic N) is 3. The van der Waals surface area contributed by atoms with Gasteiger partial charge in [0.15, 0.2) is 5.96 Å². The summed E-state index contributed by atoms with van der Waals surface area (Å²) >= 11 is 0. The molecule has 0 radical (unpaired) electrons. The van der Waals surface area contributed by atoms with Gasteiger partial charge in [0.2, 0.25) is 11.8 Å². The van der Waals surface area contributed by atoms with Gasteiger partial charge in [0.1, 0.15) is 6.61 Å². The van der Waals surface area contributed by atoms with Crippen LogP contribution in [0.5, 0.6) is 5.88 Å². The lowest BCUT2D eigenvalue weighted by atomic mass is 10.2. The first kappa shape index (κ1) is 22.6. The van der Waals surface area contributed by atoms with E-state index in [4.69, 9.17) is 9.47 Å². The fourth-order valence-electron chi connectivity index (χ4n) is 3.30. The number of hydrogen-bond acceptors (Lipinski definition) is 5. The predicted octanol–water partition coefficient (Wildman–Crippen LogP) is 2.49. The maximum absolute atomic E-state index is 11.9.